The van der Waals surface area contributed by atoms with E-state index in [1.807, 2.05) is 0 Å². The second-order valence-corrected chi connectivity index (χ2v) is 9.64. The molecule has 0 amide bonds. The highest BCUT2D eigenvalue weighted by Crippen LogP contribution is 2.40. The number of esters is 3. The van der Waals surface area contributed by atoms with Gasteiger partial charge in [0.1, 0.15) is 0 Å². The van der Waals surface area contributed by atoms with Crippen molar-refractivity contribution in [3.63, 3.8) is 0 Å². The topological polar surface area (TPSA) is 78.9 Å². The molecule has 0 spiro atoms. The van der Waals surface area contributed by atoms with Crippen molar-refractivity contribution in [2.24, 2.45) is 17.8 Å². The third-order valence-corrected chi connectivity index (χ3v) is 6.55. The lowest BCUT2D eigenvalue weighted by Gasteiger charge is -2.35. The van der Waals surface area contributed by atoms with Crippen LogP contribution in [0.2, 0.25) is 0 Å². The van der Waals surface area contributed by atoms with Crippen molar-refractivity contribution < 1.29 is 28.6 Å². The second kappa shape index (κ2) is 18.8. The molecule has 0 heterocycles. The van der Waals surface area contributed by atoms with Crippen molar-refractivity contribution >= 4 is 17.9 Å². The molecule has 1 rings (SSSR count). The largest absolute Gasteiger partial charge is 0.466 e. The van der Waals surface area contributed by atoms with Gasteiger partial charge in [0.05, 0.1) is 19.8 Å². The zero-order valence-electron chi connectivity index (χ0n) is 21.4. The van der Waals surface area contributed by atoms with E-state index < -0.39 is 0 Å². The van der Waals surface area contributed by atoms with Crippen LogP contribution in [-0.4, -0.2) is 37.7 Å². The van der Waals surface area contributed by atoms with Crippen molar-refractivity contribution in [1.82, 2.24) is 0 Å². The monoisotopic (exact) mass is 468 g/mol. The van der Waals surface area contributed by atoms with Gasteiger partial charge in [-0.25, -0.2) is 0 Å². The standard InChI is InChI=1S/C27H48O6/c1-4-7-16-31-25(28)13-10-22-19-23(11-14-26(29)32-17-8-5-2)21-24(20-22)12-15-27(30)33-18-9-6-3/h22-24H,4-21H2,1-3H3. The van der Waals surface area contributed by atoms with Gasteiger partial charge in [0.2, 0.25) is 0 Å². The highest BCUT2D eigenvalue weighted by molar-refractivity contribution is 5.70. The molecular weight excluding hydrogens is 420 g/mol. The zero-order valence-corrected chi connectivity index (χ0v) is 21.4. The van der Waals surface area contributed by atoms with Crippen LogP contribution in [-0.2, 0) is 28.6 Å². The predicted molar refractivity (Wildman–Crippen MR) is 130 cm³/mol. The quantitative estimate of drug-likeness (QED) is 0.132. The Kier molecular flexibility index (Phi) is 16.8. The summed E-state index contributed by atoms with van der Waals surface area (Å²) in [4.78, 5) is 36.2. The summed E-state index contributed by atoms with van der Waals surface area (Å²) in [5, 5.41) is 0. The molecule has 0 atom stereocenters. The second-order valence-electron chi connectivity index (χ2n) is 9.64. The van der Waals surface area contributed by atoms with Crippen LogP contribution in [0.1, 0.15) is 117 Å². The van der Waals surface area contributed by atoms with Crippen LogP contribution in [0.5, 0.6) is 0 Å². The molecular formula is C27H48O6. The molecule has 6 heteroatoms. The van der Waals surface area contributed by atoms with E-state index in [1.54, 1.807) is 0 Å². The predicted octanol–water partition coefficient (Wildman–Crippen LogP) is 6.39. The summed E-state index contributed by atoms with van der Waals surface area (Å²) in [5.41, 5.74) is 0. The van der Waals surface area contributed by atoms with Gasteiger partial charge in [-0.3, -0.25) is 14.4 Å². The van der Waals surface area contributed by atoms with E-state index in [4.69, 9.17) is 14.2 Å². The number of carbonyl (C=O) groups excluding carboxylic acids is 3. The molecule has 0 aromatic heterocycles. The Morgan fingerprint density at radius 3 is 1.06 bits per heavy atom. The molecule has 6 nitrogen and oxygen atoms in total. The molecule has 0 aromatic rings. The highest BCUT2D eigenvalue weighted by Gasteiger charge is 2.30. The van der Waals surface area contributed by atoms with Crippen LogP contribution < -0.4 is 0 Å². The Hall–Kier alpha value is -1.59. The first kappa shape index (κ1) is 29.4. The number of unbranched alkanes of at least 4 members (excludes halogenated alkanes) is 3. The van der Waals surface area contributed by atoms with Gasteiger partial charge in [-0.2, -0.15) is 0 Å². The summed E-state index contributed by atoms with van der Waals surface area (Å²) in [6.45, 7) is 7.75. The van der Waals surface area contributed by atoms with E-state index in [9.17, 15) is 14.4 Å². The van der Waals surface area contributed by atoms with Gasteiger partial charge in [0.25, 0.3) is 0 Å². The van der Waals surface area contributed by atoms with Crippen LogP contribution in [0.15, 0.2) is 0 Å². The molecule has 1 aliphatic carbocycles. The number of ether oxygens (including phenoxy) is 3. The van der Waals surface area contributed by atoms with E-state index >= 15 is 0 Å². The maximum Gasteiger partial charge on any atom is 0.305 e. The molecule has 33 heavy (non-hydrogen) atoms. The Labute approximate surface area is 201 Å². The first-order chi connectivity index (χ1) is 16.0. The zero-order chi connectivity index (χ0) is 24.3. The molecule has 0 bridgehead atoms. The van der Waals surface area contributed by atoms with Crippen molar-refractivity contribution in [1.29, 1.82) is 0 Å². The molecule has 0 aliphatic heterocycles. The van der Waals surface area contributed by atoms with E-state index in [1.165, 1.54) is 0 Å². The van der Waals surface area contributed by atoms with Crippen LogP contribution in [0.3, 0.4) is 0 Å². The SMILES string of the molecule is CCCCOC(=O)CCC1CC(CCC(=O)OCCCC)CC(CCC(=O)OCCCC)C1. The summed E-state index contributed by atoms with van der Waals surface area (Å²) < 4.78 is 16.0. The van der Waals surface area contributed by atoms with E-state index in [0.29, 0.717) is 56.8 Å². The normalized spacial score (nSPS) is 20.3. The Morgan fingerprint density at radius 2 is 0.818 bits per heavy atom. The smallest absolute Gasteiger partial charge is 0.305 e. The van der Waals surface area contributed by atoms with E-state index in [0.717, 1.165) is 77.0 Å². The fraction of sp³-hybridized carbons (Fsp3) is 0.889. The lowest BCUT2D eigenvalue weighted by Crippen LogP contribution is -2.25. The Balaban J connectivity index is 2.52. The Bertz CT molecular complexity index is 465. The fourth-order valence-electron chi connectivity index (χ4n) is 4.58. The van der Waals surface area contributed by atoms with Crippen LogP contribution in [0, 0.1) is 17.8 Å². The van der Waals surface area contributed by atoms with E-state index in [2.05, 4.69) is 20.8 Å². The third kappa shape index (κ3) is 15.0. The molecule has 1 aliphatic rings. The van der Waals surface area contributed by atoms with Gasteiger partial charge in [-0.05, 0) is 75.5 Å². The minimum atomic E-state index is -0.110. The van der Waals surface area contributed by atoms with Gasteiger partial charge < -0.3 is 14.2 Å². The maximum absolute atomic E-state index is 12.1. The number of hydrogen-bond acceptors (Lipinski definition) is 6. The van der Waals surface area contributed by atoms with Crippen molar-refractivity contribution in [2.45, 2.75) is 117 Å². The number of rotatable bonds is 18. The molecule has 0 aromatic carbocycles. The van der Waals surface area contributed by atoms with Gasteiger partial charge in [-0.15, -0.1) is 0 Å². The first-order valence-corrected chi connectivity index (χ1v) is 13.4. The number of hydrogen-bond donors (Lipinski definition) is 0. The third-order valence-electron chi connectivity index (χ3n) is 6.55. The summed E-state index contributed by atoms with van der Waals surface area (Å²) in [5.74, 6) is 0.961. The molecule has 1 fully saturated rings. The maximum atomic E-state index is 12.1. The lowest BCUT2D eigenvalue weighted by atomic mass is 9.71. The van der Waals surface area contributed by atoms with Crippen LogP contribution in [0.4, 0.5) is 0 Å². The number of carbonyl (C=O) groups is 3. The molecule has 192 valence electrons. The minimum absolute atomic E-state index is 0.110. The first-order valence-electron chi connectivity index (χ1n) is 13.4. The average Bonchev–Trinajstić information content (AvgIpc) is 2.80. The fourth-order valence-corrected chi connectivity index (χ4v) is 4.58. The average molecular weight is 469 g/mol. The highest BCUT2D eigenvalue weighted by atomic mass is 16.5. The van der Waals surface area contributed by atoms with Gasteiger partial charge in [-0.1, -0.05) is 40.0 Å². The van der Waals surface area contributed by atoms with Crippen LogP contribution >= 0.6 is 0 Å². The summed E-state index contributed by atoms with van der Waals surface area (Å²) in [6, 6.07) is 0. The van der Waals surface area contributed by atoms with Crippen molar-refractivity contribution in [3.8, 4) is 0 Å². The molecule has 0 unspecified atom stereocenters. The summed E-state index contributed by atoms with van der Waals surface area (Å²) in [6.07, 6.45) is 12.7. The van der Waals surface area contributed by atoms with Gasteiger partial charge in [0.15, 0.2) is 0 Å². The summed E-state index contributed by atoms with van der Waals surface area (Å²) >= 11 is 0. The minimum Gasteiger partial charge on any atom is -0.466 e. The van der Waals surface area contributed by atoms with Gasteiger partial charge in [0, 0.05) is 19.3 Å². The van der Waals surface area contributed by atoms with Gasteiger partial charge >= 0.3 is 17.9 Å². The van der Waals surface area contributed by atoms with Crippen molar-refractivity contribution in [2.75, 3.05) is 19.8 Å². The van der Waals surface area contributed by atoms with E-state index in [-0.39, 0.29) is 17.9 Å². The Morgan fingerprint density at radius 1 is 0.545 bits per heavy atom. The molecule has 0 saturated heterocycles. The lowest BCUT2D eigenvalue weighted by molar-refractivity contribution is -0.144. The van der Waals surface area contributed by atoms with Crippen LogP contribution in [0.25, 0.3) is 0 Å². The molecule has 1 saturated carbocycles. The molecule has 0 N–H and O–H groups in total. The molecule has 0 radical (unpaired) electrons. The van der Waals surface area contributed by atoms with Crippen molar-refractivity contribution in [3.05, 3.63) is 0 Å². The summed E-state index contributed by atoms with van der Waals surface area (Å²) in [7, 11) is 0.